The molecule has 1 atom stereocenters. The van der Waals surface area contributed by atoms with Gasteiger partial charge >= 0.3 is 5.97 Å². The summed E-state index contributed by atoms with van der Waals surface area (Å²) in [7, 11) is 3.41. The van der Waals surface area contributed by atoms with Gasteiger partial charge in [-0.1, -0.05) is 6.92 Å². The predicted octanol–water partition coefficient (Wildman–Crippen LogP) is 1.44. The average Bonchev–Trinajstić information content (AvgIpc) is 3.02. The van der Waals surface area contributed by atoms with Crippen LogP contribution in [0.3, 0.4) is 0 Å². The molecule has 0 aromatic carbocycles. The second kappa shape index (κ2) is 13.2. The zero-order chi connectivity index (χ0) is 20.4. The van der Waals surface area contributed by atoms with E-state index in [1.54, 1.807) is 14.1 Å². The molecule has 0 spiro atoms. The van der Waals surface area contributed by atoms with Crippen molar-refractivity contribution in [1.29, 1.82) is 0 Å². The Morgan fingerprint density at radius 1 is 1.25 bits per heavy atom. The molecule has 0 aromatic heterocycles. The van der Waals surface area contributed by atoms with Crippen LogP contribution in [0, 0.1) is 0 Å². The van der Waals surface area contributed by atoms with Gasteiger partial charge < -0.3 is 20.3 Å². The highest BCUT2D eigenvalue weighted by Crippen LogP contribution is 2.15. The topological polar surface area (TPSA) is 86.3 Å². The number of hydrogen-bond donors (Lipinski definition) is 2. The smallest absolute Gasteiger partial charge is 0.308 e. The van der Waals surface area contributed by atoms with Gasteiger partial charge in [-0.15, -0.1) is 24.0 Å². The fourth-order valence-electron chi connectivity index (χ4n) is 2.90. The molecule has 2 N–H and O–H groups in total. The highest BCUT2D eigenvalue weighted by molar-refractivity contribution is 14.0. The number of rotatable bonds is 8. The molecule has 1 heterocycles. The van der Waals surface area contributed by atoms with E-state index in [9.17, 15) is 9.59 Å². The van der Waals surface area contributed by atoms with Crippen molar-refractivity contribution in [3.8, 4) is 0 Å². The van der Waals surface area contributed by atoms with Gasteiger partial charge in [0.15, 0.2) is 5.96 Å². The van der Waals surface area contributed by atoms with Crippen LogP contribution in [-0.4, -0.2) is 86.1 Å². The van der Waals surface area contributed by atoms with Gasteiger partial charge in [0.25, 0.3) is 0 Å². The number of carbonyl (C=O) groups is 2. The number of guanidine groups is 1. The molecular formula is C19H38IN5O3. The first-order chi connectivity index (χ1) is 12.6. The number of likely N-dealkylation sites (tertiary alicyclic amines) is 1. The van der Waals surface area contributed by atoms with Crippen LogP contribution in [0.2, 0.25) is 0 Å². The van der Waals surface area contributed by atoms with Crippen LogP contribution in [-0.2, 0) is 14.3 Å². The predicted molar refractivity (Wildman–Crippen MR) is 123 cm³/mol. The van der Waals surface area contributed by atoms with Gasteiger partial charge in [-0.25, -0.2) is 4.99 Å². The molecule has 28 heavy (non-hydrogen) atoms. The van der Waals surface area contributed by atoms with E-state index in [1.807, 2.05) is 20.8 Å². The lowest BCUT2D eigenvalue weighted by Crippen LogP contribution is -2.45. The molecule has 0 aliphatic carbocycles. The van der Waals surface area contributed by atoms with Crippen LogP contribution in [0.1, 0.15) is 47.0 Å². The fourth-order valence-corrected chi connectivity index (χ4v) is 2.90. The van der Waals surface area contributed by atoms with E-state index in [1.165, 1.54) is 11.3 Å². The first kappa shape index (κ1) is 26.9. The minimum absolute atomic E-state index is 0. The SMILES string of the molecule is CCN1CCCC1CNC(=NCC(=O)N(C)C)NCCC(=O)OC(C)(C)C.I. The molecule has 0 saturated carbocycles. The van der Waals surface area contributed by atoms with Crippen LogP contribution >= 0.6 is 24.0 Å². The van der Waals surface area contributed by atoms with Gasteiger partial charge in [-0.05, 0) is 46.7 Å². The van der Waals surface area contributed by atoms with Crippen molar-refractivity contribution in [2.24, 2.45) is 4.99 Å². The molecule has 1 aliphatic heterocycles. The number of amides is 1. The Morgan fingerprint density at radius 3 is 2.50 bits per heavy atom. The van der Waals surface area contributed by atoms with Crippen LogP contribution in [0.5, 0.6) is 0 Å². The molecule has 1 aliphatic rings. The molecule has 8 nitrogen and oxygen atoms in total. The van der Waals surface area contributed by atoms with Crippen molar-refractivity contribution in [2.75, 3.05) is 46.8 Å². The van der Waals surface area contributed by atoms with Crippen molar-refractivity contribution < 1.29 is 14.3 Å². The summed E-state index contributed by atoms with van der Waals surface area (Å²) in [5.41, 5.74) is -0.490. The minimum atomic E-state index is -0.490. The maximum Gasteiger partial charge on any atom is 0.308 e. The maximum absolute atomic E-state index is 11.9. The normalized spacial score (nSPS) is 17.6. The zero-order valence-electron chi connectivity index (χ0n) is 18.2. The number of hydrogen-bond acceptors (Lipinski definition) is 5. The Labute approximate surface area is 186 Å². The van der Waals surface area contributed by atoms with Crippen molar-refractivity contribution in [3.63, 3.8) is 0 Å². The van der Waals surface area contributed by atoms with Crippen molar-refractivity contribution in [2.45, 2.75) is 58.6 Å². The Balaban J connectivity index is 0.00000729. The number of esters is 1. The lowest BCUT2D eigenvalue weighted by molar-refractivity contribution is -0.154. The summed E-state index contributed by atoms with van der Waals surface area (Å²) >= 11 is 0. The maximum atomic E-state index is 11.9. The van der Waals surface area contributed by atoms with Gasteiger partial charge in [0, 0.05) is 33.2 Å². The van der Waals surface area contributed by atoms with Gasteiger partial charge in [-0.3, -0.25) is 14.5 Å². The third-order valence-corrected chi connectivity index (χ3v) is 4.32. The molecule has 0 radical (unpaired) electrons. The molecule has 9 heteroatoms. The molecule has 1 fully saturated rings. The first-order valence-electron chi connectivity index (χ1n) is 9.80. The number of likely N-dealkylation sites (N-methyl/N-ethyl adjacent to an activating group) is 2. The minimum Gasteiger partial charge on any atom is -0.460 e. The number of nitrogens with one attached hydrogen (secondary N) is 2. The van der Waals surface area contributed by atoms with E-state index in [0.717, 1.165) is 26.1 Å². The highest BCUT2D eigenvalue weighted by Gasteiger charge is 2.23. The van der Waals surface area contributed by atoms with E-state index in [-0.39, 0.29) is 48.8 Å². The molecular weight excluding hydrogens is 473 g/mol. The zero-order valence-corrected chi connectivity index (χ0v) is 20.5. The van der Waals surface area contributed by atoms with Gasteiger partial charge in [0.05, 0.1) is 6.42 Å². The monoisotopic (exact) mass is 511 g/mol. The summed E-state index contributed by atoms with van der Waals surface area (Å²) in [5, 5.41) is 6.45. The number of carbonyl (C=O) groups excluding carboxylic acids is 2. The van der Waals surface area contributed by atoms with Crippen LogP contribution < -0.4 is 10.6 Å². The molecule has 1 unspecified atom stereocenters. The van der Waals surface area contributed by atoms with Crippen LogP contribution in [0.25, 0.3) is 0 Å². The third-order valence-electron chi connectivity index (χ3n) is 4.32. The van der Waals surface area contributed by atoms with E-state index in [4.69, 9.17) is 4.74 Å². The summed E-state index contributed by atoms with van der Waals surface area (Å²) < 4.78 is 5.31. The average molecular weight is 511 g/mol. The Hall–Kier alpha value is -1.10. The van der Waals surface area contributed by atoms with E-state index < -0.39 is 5.60 Å². The summed E-state index contributed by atoms with van der Waals surface area (Å²) in [6.45, 7) is 11.1. The van der Waals surface area contributed by atoms with Gasteiger partial charge in [0.2, 0.25) is 5.91 Å². The van der Waals surface area contributed by atoms with Crippen molar-refractivity contribution in [1.82, 2.24) is 20.4 Å². The fraction of sp³-hybridized carbons (Fsp3) is 0.842. The summed E-state index contributed by atoms with van der Waals surface area (Å²) in [4.78, 5) is 32.0. The molecule has 1 saturated heterocycles. The summed E-state index contributed by atoms with van der Waals surface area (Å²) in [6, 6.07) is 0.470. The second-order valence-corrected chi connectivity index (χ2v) is 8.02. The molecule has 0 aromatic rings. The third kappa shape index (κ3) is 11.0. The Bertz CT molecular complexity index is 520. The Kier molecular flexibility index (Phi) is 12.7. The standard InChI is InChI=1S/C19H37N5O3.HI/c1-7-24-12-8-9-15(24)13-21-18(22-14-16(25)23(5)6)20-11-10-17(26)27-19(2,3)4;/h15H,7-14H2,1-6H3,(H2,20,21,22);1H. The number of aliphatic imine (C=N–C) groups is 1. The molecule has 1 rings (SSSR count). The largest absolute Gasteiger partial charge is 0.460 e. The Morgan fingerprint density at radius 2 is 1.93 bits per heavy atom. The highest BCUT2D eigenvalue weighted by atomic mass is 127. The van der Waals surface area contributed by atoms with E-state index in [0.29, 0.717) is 18.5 Å². The van der Waals surface area contributed by atoms with Crippen molar-refractivity contribution >= 4 is 41.8 Å². The molecule has 1 amide bonds. The lowest BCUT2D eigenvalue weighted by atomic mass is 10.2. The summed E-state index contributed by atoms with van der Waals surface area (Å²) in [5.74, 6) is 0.225. The van der Waals surface area contributed by atoms with Crippen molar-refractivity contribution in [3.05, 3.63) is 0 Å². The first-order valence-corrected chi connectivity index (χ1v) is 9.80. The second-order valence-electron chi connectivity index (χ2n) is 8.02. The number of nitrogens with zero attached hydrogens (tertiary/aromatic N) is 3. The number of ether oxygens (including phenoxy) is 1. The van der Waals surface area contributed by atoms with Gasteiger partial charge in [0.1, 0.15) is 12.1 Å². The molecule has 0 bridgehead atoms. The lowest BCUT2D eigenvalue weighted by Gasteiger charge is -2.24. The van der Waals surface area contributed by atoms with Gasteiger partial charge in [-0.2, -0.15) is 0 Å². The number of halogens is 1. The quantitative estimate of drug-likeness (QED) is 0.222. The van der Waals surface area contributed by atoms with Crippen LogP contribution in [0.15, 0.2) is 4.99 Å². The summed E-state index contributed by atoms with van der Waals surface area (Å²) in [6.07, 6.45) is 2.60. The molecule has 164 valence electrons. The van der Waals surface area contributed by atoms with E-state index >= 15 is 0 Å². The van der Waals surface area contributed by atoms with E-state index in [2.05, 4.69) is 27.4 Å². The van der Waals surface area contributed by atoms with Crippen LogP contribution in [0.4, 0.5) is 0 Å².